The lowest BCUT2D eigenvalue weighted by atomic mass is 10.1. The van der Waals surface area contributed by atoms with Crippen molar-refractivity contribution in [2.75, 3.05) is 6.79 Å². The number of hydrogen-bond acceptors (Lipinski definition) is 6. The first-order chi connectivity index (χ1) is 13.9. The summed E-state index contributed by atoms with van der Waals surface area (Å²) in [4.78, 5) is 36.2. The van der Waals surface area contributed by atoms with Gasteiger partial charge in [0.1, 0.15) is 0 Å². The minimum Gasteiger partial charge on any atom is -0.454 e. The maximum absolute atomic E-state index is 12.2. The normalized spacial score (nSPS) is 12.9. The van der Waals surface area contributed by atoms with Gasteiger partial charge in [0.25, 0.3) is 5.91 Å². The predicted octanol–water partition coefficient (Wildman–Crippen LogP) is 3.28. The van der Waals surface area contributed by atoms with E-state index in [9.17, 15) is 14.4 Å². The molecule has 1 heterocycles. The Labute approximate surface area is 172 Å². The zero-order valence-corrected chi connectivity index (χ0v) is 16.5. The molecule has 1 amide bonds. The van der Waals surface area contributed by atoms with Gasteiger partial charge >= 0.3 is 5.97 Å². The van der Waals surface area contributed by atoms with E-state index in [1.54, 1.807) is 36.4 Å². The van der Waals surface area contributed by atoms with Crippen LogP contribution in [0.4, 0.5) is 0 Å². The molecule has 8 heteroatoms. The van der Waals surface area contributed by atoms with E-state index in [1.165, 1.54) is 6.92 Å². The second-order valence-electron chi connectivity index (χ2n) is 6.47. The summed E-state index contributed by atoms with van der Waals surface area (Å²) in [6, 6.07) is 11.8. The molecule has 1 aliphatic heterocycles. The molecule has 0 aromatic heterocycles. The van der Waals surface area contributed by atoms with Crippen molar-refractivity contribution in [1.82, 2.24) is 5.32 Å². The van der Waals surface area contributed by atoms with Crippen LogP contribution in [0, 0.1) is 0 Å². The molecule has 7 nitrogen and oxygen atoms in total. The Morgan fingerprint density at radius 3 is 2.55 bits per heavy atom. The van der Waals surface area contributed by atoms with Gasteiger partial charge in [0.2, 0.25) is 6.79 Å². The fourth-order valence-corrected chi connectivity index (χ4v) is 2.82. The number of nitrogens with one attached hydrogen (secondary N) is 1. The Balaban J connectivity index is 1.41. The second-order valence-corrected chi connectivity index (χ2v) is 6.90. The van der Waals surface area contributed by atoms with Crippen molar-refractivity contribution in [3.05, 3.63) is 58.6 Å². The van der Waals surface area contributed by atoms with Gasteiger partial charge in [-0.25, -0.2) is 0 Å². The highest BCUT2D eigenvalue weighted by atomic mass is 35.5. The van der Waals surface area contributed by atoms with Gasteiger partial charge in [0.05, 0.1) is 6.42 Å². The number of hydrogen-bond donors (Lipinski definition) is 1. The largest absolute Gasteiger partial charge is 0.454 e. The predicted molar refractivity (Wildman–Crippen MR) is 105 cm³/mol. The van der Waals surface area contributed by atoms with Crippen molar-refractivity contribution in [3.8, 4) is 11.5 Å². The quantitative estimate of drug-likeness (QED) is 0.523. The molecule has 152 valence electrons. The highest BCUT2D eigenvalue weighted by Crippen LogP contribution is 2.32. The second kappa shape index (κ2) is 9.43. The molecule has 1 atom stereocenters. The molecule has 0 bridgehead atoms. The Bertz CT molecular complexity index is 912. The summed E-state index contributed by atoms with van der Waals surface area (Å²) < 4.78 is 15.6. The standard InChI is InChI=1S/C21H20ClNO6/c1-13(21(26)23-11-14-2-8-18-19(10-14)28-12-27-18)29-20(25)9-7-17(24)15-3-5-16(22)6-4-15/h2-6,8,10,13H,7,9,11-12H2,1H3,(H,23,26)/t13-/m0/s1. The molecular formula is C21H20ClNO6. The molecule has 0 aliphatic carbocycles. The third-order valence-corrected chi connectivity index (χ3v) is 4.56. The van der Waals surface area contributed by atoms with Crippen LogP contribution in [-0.4, -0.2) is 30.6 Å². The summed E-state index contributed by atoms with van der Waals surface area (Å²) >= 11 is 5.79. The van der Waals surface area contributed by atoms with Gasteiger partial charge in [-0.05, 0) is 48.9 Å². The minimum absolute atomic E-state index is 0.00794. The number of ether oxygens (including phenoxy) is 3. The lowest BCUT2D eigenvalue weighted by molar-refractivity contribution is -0.154. The fourth-order valence-electron chi connectivity index (χ4n) is 2.69. The number of carbonyl (C=O) groups excluding carboxylic acids is 3. The van der Waals surface area contributed by atoms with Crippen molar-refractivity contribution in [1.29, 1.82) is 0 Å². The van der Waals surface area contributed by atoms with Crippen LogP contribution in [-0.2, 0) is 20.9 Å². The number of halogens is 1. The number of rotatable bonds is 8. The van der Waals surface area contributed by atoms with Gasteiger partial charge in [-0.3, -0.25) is 14.4 Å². The van der Waals surface area contributed by atoms with Crippen molar-refractivity contribution in [2.24, 2.45) is 0 Å². The summed E-state index contributed by atoms with van der Waals surface area (Å²) in [6.07, 6.45) is -1.09. The molecule has 1 N–H and O–H groups in total. The van der Waals surface area contributed by atoms with Crippen molar-refractivity contribution in [3.63, 3.8) is 0 Å². The van der Waals surface area contributed by atoms with Crippen LogP contribution in [0.25, 0.3) is 0 Å². The number of esters is 1. The number of Topliss-reactive ketones (excluding diaryl/α,β-unsaturated/α-hetero) is 1. The Morgan fingerprint density at radius 1 is 1.07 bits per heavy atom. The molecule has 0 spiro atoms. The van der Waals surface area contributed by atoms with Crippen LogP contribution in [0.5, 0.6) is 11.5 Å². The van der Waals surface area contributed by atoms with Crippen molar-refractivity contribution >= 4 is 29.3 Å². The van der Waals surface area contributed by atoms with E-state index in [4.69, 9.17) is 25.8 Å². The minimum atomic E-state index is -0.970. The van der Waals surface area contributed by atoms with Crippen LogP contribution in [0.15, 0.2) is 42.5 Å². The summed E-state index contributed by atoms with van der Waals surface area (Å²) in [5.41, 5.74) is 1.30. The molecule has 0 radical (unpaired) electrons. The number of carbonyl (C=O) groups is 3. The molecule has 0 unspecified atom stereocenters. The average Bonchev–Trinajstić information content (AvgIpc) is 3.18. The smallest absolute Gasteiger partial charge is 0.307 e. The van der Waals surface area contributed by atoms with E-state index >= 15 is 0 Å². The van der Waals surface area contributed by atoms with Crippen LogP contribution in [0.2, 0.25) is 5.02 Å². The lowest BCUT2D eigenvalue weighted by Gasteiger charge is -2.13. The summed E-state index contributed by atoms with van der Waals surface area (Å²) in [7, 11) is 0. The van der Waals surface area contributed by atoms with Crippen molar-refractivity contribution in [2.45, 2.75) is 32.4 Å². The van der Waals surface area contributed by atoms with Gasteiger partial charge < -0.3 is 19.5 Å². The summed E-state index contributed by atoms with van der Waals surface area (Å²) in [6.45, 7) is 1.92. The SMILES string of the molecule is C[C@H](OC(=O)CCC(=O)c1ccc(Cl)cc1)C(=O)NCc1ccc2c(c1)OCO2. The molecule has 3 rings (SSSR count). The molecule has 0 saturated carbocycles. The van der Waals surface area contributed by atoms with E-state index < -0.39 is 18.0 Å². The van der Waals surface area contributed by atoms with E-state index in [0.717, 1.165) is 5.56 Å². The van der Waals surface area contributed by atoms with Gasteiger partial charge in [-0.2, -0.15) is 0 Å². The van der Waals surface area contributed by atoms with Gasteiger partial charge in [-0.15, -0.1) is 0 Å². The number of benzene rings is 2. The van der Waals surface area contributed by atoms with Crippen LogP contribution < -0.4 is 14.8 Å². The average molecular weight is 418 g/mol. The third kappa shape index (κ3) is 5.71. The molecule has 2 aromatic rings. The summed E-state index contributed by atoms with van der Waals surface area (Å²) in [5, 5.41) is 3.23. The number of amides is 1. The molecule has 1 aliphatic rings. The first-order valence-electron chi connectivity index (χ1n) is 9.07. The fraction of sp³-hybridized carbons (Fsp3) is 0.286. The van der Waals surface area contributed by atoms with E-state index in [0.29, 0.717) is 22.1 Å². The lowest BCUT2D eigenvalue weighted by Crippen LogP contribution is -2.35. The Hall–Kier alpha value is -3.06. The molecule has 0 saturated heterocycles. The van der Waals surface area contributed by atoms with E-state index in [-0.39, 0.29) is 32.0 Å². The van der Waals surface area contributed by atoms with Crippen LogP contribution >= 0.6 is 11.6 Å². The van der Waals surface area contributed by atoms with E-state index in [1.807, 2.05) is 6.07 Å². The maximum Gasteiger partial charge on any atom is 0.307 e. The monoisotopic (exact) mass is 417 g/mol. The van der Waals surface area contributed by atoms with Crippen LogP contribution in [0.1, 0.15) is 35.7 Å². The zero-order valence-electron chi connectivity index (χ0n) is 15.8. The first kappa shape index (κ1) is 20.7. The highest BCUT2D eigenvalue weighted by molar-refractivity contribution is 6.30. The molecular weight excluding hydrogens is 398 g/mol. The Morgan fingerprint density at radius 2 is 1.79 bits per heavy atom. The molecule has 29 heavy (non-hydrogen) atoms. The van der Waals surface area contributed by atoms with Gasteiger partial charge in [0, 0.05) is 23.6 Å². The highest BCUT2D eigenvalue weighted by Gasteiger charge is 2.19. The summed E-state index contributed by atoms with van der Waals surface area (Å²) in [5.74, 6) is 0.0497. The molecule has 0 fully saturated rings. The Kier molecular flexibility index (Phi) is 6.72. The zero-order chi connectivity index (χ0) is 20.8. The maximum atomic E-state index is 12.2. The molecule has 2 aromatic carbocycles. The first-order valence-corrected chi connectivity index (χ1v) is 9.44. The van der Waals surface area contributed by atoms with Gasteiger partial charge in [-0.1, -0.05) is 17.7 Å². The van der Waals surface area contributed by atoms with Gasteiger partial charge in [0.15, 0.2) is 23.4 Å². The number of ketones is 1. The van der Waals surface area contributed by atoms with E-state index in [2.05, 4.69) is 5.32 Å². The van der Waals surface area contributed by atoms with Crippen LogP contribution in [0.3, 0.4) is 0 Å². The van der Waals surface area contributed by atoms with Crippen molar-refractivity contribution < 1.29 is 28.6 Å². The topological polar surface area (TPSA) is 90.9 Å². The number of fused-ring (bicyclic) bond motifs is 1. The third-order valence-electron chi connectivity index (χ3n) is 4.30.